The van der Waals surface area contributed by atoms with Crippen LogP contribution in [0.3, 0.4) is 0 Å². The lowest BCUT2D eigenvalue weighted by Gasteiger charge is -2.51. The maximum absolute atomic E-state index is 4.69. The molecule has 1 aliphatic heterocycles. The molecule has 0 spiro atoms. The number of imidazole rings is 1. The normalized spacial score (nSPS) is 14.2. The summed E-state index contributed by atoms with van der Waals surface area (Å²) < 4.78 is 0. The first-order valence-corrected chi connectivity index (χ1v) is 14.4. The van der Waals surface area contributed by atoms with Gasteiger partial charge >= 0.3 is 0 Å². The highest BCUT2D eigenvalue weighted by Gasteiger charge is 2.39. The lowest BCUT2D eigenvalue weighted by atomic mass is 9.75. The second-order valence-corrected chi connectivity index (χ2v) is 11.2. The molecule has 0 bridgehead atoms. The number of aromatic amines is 1. The van der Waals surface area contributed by atoms with Gasteiger partial charge in [-0.05, 0) is 74.4 Å². The third-order valence-electron chi connectivity index (χ3n) is 8.47. The van der Waals surface area contributed by atoms with Crippen molar-refractivity contribution in [3.8, 4) is 11.4 Å². The molecule has 7 rings (SSSR count). The predicted molar refractivity (Wildman–Crippen MR) is 170 cm³/mol. The van der Waals surface area contributed by atoms with Crippen molar-refractivity contribution in [1.29, 1.82) is 0 Å². The van der Waals surface area contributed by atoms with Gasteiger partial charge < -0.3 is 20.5 Å². The van der Waals surface area contributed by atoms with Crippen LogP contribution < -0.4 is 15.5 Å². The van der Waals surface area contributed by atoms with Crippen LogP contribution in [0.4, 0.5) is 28.6 Å². The van der Waals surface area contributed by atoms with Gasteiger partial charge in [-0.2, -0.15) is 0 Å². The van der Waals surface area contributed by atoms with Crippen LogP contribution >= 0.6 is 0 Å². The van der Waals surface area contributed by atoms with Gasteiger partial charge in [-0.15, -0.1) is 0 Å². The van der Waals surface area contributed by atoms with E-state index in [1.807, 2.05) is 55.7 Å². The van der Waals surface area contributed by atoms with Crippen molar-refractivity contribution in [2.24, 2.45) is 5.41 Å². The summed E-state index contributed by atoms with van der Waals surface area (Å²) in [6.07, 6.45) is 9.67. The highest BCUT2D eigenvalue weighted by atomic mass is 15.2. The van der Waals surface area contributed by atoms with Crippen molar-refractivity contribution < 1.29 is 0 Å². The summed E-state index contributed by atoms with van der Waals surface area (Å²) in [6.45, 7) is 8.79. The molecule has 6 heterocycles. The number of hydrogen-bond donors (Lipinski definition) is 3. The first kappa shape index (κ1) is 25.9. The Hall–Kier alpha value is -5.05. The Morgan fingerprint density at radius 1 is 0.833 bits per heavy atom. The lowest BCUT2D eigenvalue weighted by molar-refractivity contribution is 0.194. The van der Waals surface area contributed by atoms with Gasteiger partial charge in [0.2, 0.25) is 0 Å². The predicted octanol–water partition coefficient (Wildman–Crippen LogP) is 7.39. The molecule has 0 atom stereocenters. The van der Waals surface area contributed by atoms with E-state index in [0.29, 0.717) is 11.1 Å². The Labute approximate surface area is 244 Å². The largest absolute Gasteiger partial charge is 0.370 e. The summed E-state index contributed by atoms with van der Waals surface area (Å²) in [5, 5.41) is 7.96. The number of nitrogens with zero attached hydrogens (tertiary/aromatic N) is 6. The van der Waals surface area contributed by atoms with Crippen molar-refractivity contribution >= 4 is 50.6 Å². The molecule has 210 valence electrons. The number of aromatic nitrogens is 6. The van der Waals surface area contributed by atoms with Gasteiger partial charge in [-0.1, -0.05) is 13.8 Å². The number of aryl methyl sites for hydroxylation is 1. The topological polar surface area (TPSA) is 108 Å². The number of rotatable bonds is 8. The summed E-state index contributed by atoms with van der Waals surface area (Å²) >= 11 is 0. The Kier molecular flexibility index (Phi) is 6.42. The number of benzene rings is 1. The highest BCUT2D eigenvalue weighted by Crippen LogP contribution is 2.41. The Morgan fingerprint density at radius 2 is 1.69 bits per heavy atom. The maximum Gasteiger partial charge on any atom is 0.178 e. The molecule has 5 aromatic heterocycles. The molecule has 1 aliphatic rings. The van der Waals surface area contributed by atoms with Crippen LogP contribution in [0, 0.1) is 12.3 Å². The molecule has 6 aromatic rings. The fourth-order valence-electron chi connectivity index (χ4n) is 5.72. The third-order valence-corrected chi connectivity index (χ3v) is 8.47. The molecule has 0 saturated carbocycles. The van der Waals surface area contributed by atoms with Gasteiger partial charge in [-0.25, -0.2) is 15.0 Å². The molecule has 1 aromatic carbocycles. The van der Waals surface area contributed by atoms with E-state index in [1.165, 1.54) is 18.5 Å². The summed E-state index contributed by atoms with van der Waals surface area (Å²) in [4.78, 5) is 28.6. The smallest absolute Gasteiger partial charge is 0.178 e. The van der Waals surface area contributed by atoms with E-state index < -0.39 is 0 Å². The van der Waals surface area contributed by atoms with Gasteiger partial charge in [0.1, 0.15) is 11.6 Å². The molecular formula is C33H33N9. The minimum atomic E-state index is 0.449. The van der Waals surface area contributed by atoms with Crippen molar-refractivity contribution in [3.05, 3.63) is 85.1 Å². The van der Waals surface area contributed by atoms with Crippen molar-refractivity contribution in [2.45, 2.75) is 33.6 Å². The molecular weight excluding hydrogens is 522 g/mol. The molecule has 0 aliphatic carbocycles. The molecule has 3 N–H and O–H groups in total. The maximum atomic E-state index is 4.69. The zero-order valence-electron chi connectivity index (χ0n) is 24.0. The SMILES string of the molecule is CCC1(CC)CN(c2ccc3nccc(Nc4ccc(-c5nc6ncc(Nc7ccnc(C)c7)cc6[nH]5)cn4)c3c2)C1. The molecule has 0 radical (unpaired) electrons. The summed E-state index contributed by atoms with van der Waals surface area (Å²) in [7, 11) is 0. The van der Waals surface area contributed by atoms with Gasteiger partial charge in [0.05, 0.1) is 28.6 Å². The second-order valence-electron chi connectivity index (χ2n) is 11.2. The minimum Gasteiger partial charge on any atom is -0.370 e. The van der Waals surface area contributed by atoms with Crippen molar-refractivity contribution in [1.82, 2.24) is 29.9 Å². The van der Waals surface area contributed by atoms with Gasteiger partial charge in [0, 0.05) is 65.1 Å². The molecule has 42 heavy (non-hydrogen) atoms. The van der Waals surface area contributed by atoms with E-state index in [1.54, 1.807) is 12.4 Å². The molecule has 1 fully saturated rings. The Morgan fingerprint density at radius 3 is 2.48 bits per heavy atom. The second kappa shape index (κ2) is 10.4. The van der Waals surface area contributed by atoms with Crippen LogP contribution in [0.2, 0.25) is 0 Å². The fraction of sp³-hybridized carbons (Fsp3) is 0.242. The molecule has 1 saturated heterocycles. The monoisotopic (exact) mass is 555 g/mol. The van der Waals surface area contributed by atoms with Crippen LogP contribution in [0.25, 0.3) is 33.5 Å². The van der Waals surface area contributed by atoms with Gasteiger partial charge in [-0.3, -0.25) is 9.97 Å². The number of fused-ring (bicyclic) bond motifs is 2. The third kappa shape index (κ3) is 4.87. The quantitative estimate of drug-likeness (QED) is 0.178. The zero-order valence-corrected chi connectivity index (χ0v) is 24.0. The van der Waals surface area contributed by atoms with E-state index in [2.05, 4.69) is 72.5 Å². The summed E-state index contributed by atoms with van der Waals surface area (Å²) in [5.41, 5.74) is 8.80. The number of nitrogens with one attached hydrogen (secondary N) is 3. The van der Waals surface area contributed by atoms with E-state index in [0.717, 1.165) is 69.5 Å². The Bertz CT molecular complexity index is 1880. The van der Waals surface area contributed by atoms with E-state index >= 15 is 0 Å². The number of hydrogen-bond acceptors (Lipinski definition) is 8. The van der Waals surface area contributed by atoms with Crippen molar-refractivity contribution in [3.63, 3.8) is 0 Å². The van der Waals surface area contributed by atoms with Gasteiger partial charge in [0.15, 0.2) is 5.65 Å². The summed E-state index contributed by atoms with van der Waals surface area (Å²) in [5.74, 6) is 1.47. The lowest BCUT2D eigenvalue weighted by Crippen LogP contribution is -2.55. The highest BCUT2D eigenvalue weighted by molar-refractivity contribution is 5.95. The van der Waals surface area contributed by atoms with Crippen LogP contribution in [-0.2, 0) is 0 Å². The van der Waals surface area contributed by atoms with E-state index in [9.17, 15) is 0 Å². The minimum absolute atomic E-state index is 0.449. The Balaban J connectivity index is 1.09. The van der Waals surface area contributed by atoms with Crippen LogP contribution in [0.15, 0.2) is 79.4 Å². The van der Waals surface area contributed by atoms with Gasteiger partial charge in [0.25, 0.3) is 0 Å². The van der Waals surface area contributed by atoms with E-state index in [-0.39, 0.29) is 0 Å². The van der Waals surface area contributed by atoms with Crippen LogP contribution in [0.1, 0.15) is 32.4 Å². The number of anilines is 5. The molecule has 0 amide bonds. The fourth-order valence-corrected chi connectivity index (χ4v) is 5.72. The standard InChI is InChI=1S/C33H33N9/c1-4-33(5-2)19-42(20-33)25-7-8-27-26(16-25)28(11-13-35-27)39-30-9-6-22(17-36-30)31-40-29-15-24(18-37-32(29)41-31)38-23-10-12-34-21(3)14-23/h6-18H,4-5,19-20H2,1-3H3,(H,34,38)(H,35,36,39)(H,37,40,41). The summed E-state index contributed by atoms with van der Waals surface area (Å²) in [6, 6.07) is 18.4. The van der Waals surface area contributed by atoms with Crippen molar-refractivity contribution in [2.75, 3.05) is 28.6 Å². The molecule has 9 nitrogen and oxygen atoms in total. The zero-order chi connectivity index (χ0) is 28.7. The molecule has 9 heteroatoms. The number of pyridine rings is 4. The van der Waals surface area contributed by atoms with Crippen LogP contribution in [0.5, 0.6) is 0 Å². The van der Waals surface area contributed by atoms with E-state index in [4.69, 9.17) is 4.98 Å². The average Bonchev–Trinajstić information content (AvgIpc) is 3.41. The number of H-pyrrole nitrogens is 1. The first-order chi connectivity index (χ1) is 20.5. The first-order valence-electron chi connectivity index (χ1n) is 14.4. The van der Waals surface area contributed by atoms with Crippen LogP contribution in [-0.4, -0.2) is 43.0 Å². The average molecular weight is 556 g/mol. The molecule has 0 unspecified atom stereocenters.